The van der Waals surface area contributed by atoms with E-state index in [1.807, 2.05) is 18.2 Å². The van der Waals surface area contributed by atoms with Gasteiger partial charge in [-0.2, -0.15) is 0 Å². The average Bonchev–Trinajstić information content (AvgIpc) is 2.49. The molecule has 0 aliphatic heterocycles. The van der Waals surface area contributed by atoms with Crippen LogP contribution >= 0.6 is 0 Å². The highest BCUT2D eigenvalue weighted by molar-refractivity contribution is 5.48. The van der Waals surface area contributed by atoms with E-state index in [-0.39, 0.29) is 18.7 Å². The molecule has 5 heteroatoms. The van der Waals surface area contributed by atoms with Crippen molar-refractivity contribution in [3.05, 3.63) is 23.8 Å². The van der Waals surface area contributed by atoms with E-state index >= 15 is 0 Å². The predicted octanol–water partition coefficient (Wildman–Crippen LogP) is 1.45. The van der Waals surface area contributed by atoms with Crippen LogP contribution in [0.1, 0.15) is 31.4 Å². The highest BCUT2D eigenvalue weighted by atomic mass is 16.5. The van der Waals surface area contributed by atoms with Gasteiger partial charge in [-0.3, -0.25) is 0 Å². The van der Waals surface area contributed by atoms with Gasteiger partial charge in [-0.05, 0) is 25.8 Å². The molecule has 0 aromatic heterocycles. The van der Waals surface area contributed by atoms with Gasteiger partial charge >= 0.3 is 0 Å². The Balaban J connectivity index is 2.89. The first kappa shape index (κ1) is 16.8. The summed E-state index contributed by atoms with van der Waals surface area (Å²) in [6.07, 6.45) is 1.68. The first-order valence-corrected chi connectivity index (χ1v) is 6.95. The summed E-state index contributed by atoms with van der Waals surface area (Å²) in [6.45, 7) is 2.76. The summed E-state index contributed by atoms with van der Waals surface area (Å²) in [5, 5.41) is 12.4. The Morgan fingerprint density at radius 3 is 2.60 bits per heavy atom. The number of aliphatic hydroxyl groups is 1. The van der Waals surface area contributed by atoms with Gasteiger partial charge in [0.2, 0.25) is 0 Å². The van der Waals surface area contributed by atoms with E-state index in [9.17, 15) is 0 Å². The third-order valence-electron chi connectivity index (χ3n) is 3.33. The van der Waals surface area contributed by atoms with Crippen molar-refractivity contribution in [3.63, 3.8) is 0 Å². The molecule has 0 heterocycles. The van der Waals surface area contributed by atoms with Crippen molar-refractivity contribution in [2.24, 2.45) is 5.73 Å². The molecule has 0 amide bonds. The second-order valence-corrected chi connectivity index (χ2v) is 4.80. The Morgan fingerprint density at radius 2 is 2.05 bits per heavy atom. The third kappa shape index (κ3) is 4.37. The molecule has 4 N–H and O–H groups in total. The van der Waals surface area contributed by atoms with Crippen LogP contribution in [-0.4, -0.2) is 38.5 Å². The summed E-state index contributed by atoms with van der Waals surface area (Å²) in [6, 6.07) is 6.05. The lowest BCUT2D eigenvalue weighted by Crippen LogP contribution is -2.35. The molecule has 0 saturated carbocycles. The fraction of sp³-hybridized carbons (Fsp3) is 0.600. The van der Waals surface area contributed by atoms with Crippen LogP contribution in [0.5, 0.6) is 11.5 Å². The molecular formula is C15H26N2O3. The number of hydrogen-bond acceptors (Lipinski definition) is 5. The molecule has 1 aromatic rings. The lowest BCUT2D eigenvalue weighted by molar-refractivity contribution is 0.273. The Morgan fingerprint density at radius 1 is 1.30 bits per heavy atom. The van der Waals surface area contributed by atoms with Crippen LogP contribution in [0.3, 0.4) is 0 Å². The lowest BCUT2D eigenvalue weighted by atomic mass is 10.0. The lowest BCUT2D eigenvalue weighted by Gasteiger charge is -2.24. The predicted molar refractivity (Wildman–Crippen MR) is 80.3 cm³/mol. The van der Waals surface area contributed by atoms with Crippen LogP contribution in [0.25, 0.3) is 0 Å². The van der Waals surface area contributed by atoms with Crippen molar-refractivity contribution in [3.8, 4) is 11.5 Å². The first-order chi connectivity index (χ1) is 9.67. The molecule has 2 unspecified atom stereocenters. The van der Waals surface area contributed by atoms with Gasteiger partial charge in [0.25, 0.3) is 0 Å². The zero-order valence-electron chi connectivity index (χ0n) is 12.6. The minimum atomic E-state index is -0.00579. The van der Waals surface area contributed by atoms with Crippen molar-refractivity contribution >= 4 is 0 Å². The second-order valence-electron chi connectivity index (χ2n) is 4.80. The molecule has 0 radical (unpaired) electrons. The highest BCUT2D eigenvalue weighted by Gasteiger charge is 2.19. The van der Waals surface area contributed by atoms with Crippen LogP contribution in [0, 0.1) is 0 Å². The SMILES string of the molecule is COc1cccc(C(CN)NC(C)CCCO)c1OC. The van der Waals surface area contributed by atoms with Gasteiger partial charge in [0, 0.05) is 30.8 Å². The average molecular weight is 282 g/mol. The summed E-state index contributed by atoms with van der Waals surface area (Å²) >= 11 is 0. The van der Waals surface area contributed by atoms with E-state index in [2.05, 4.69) is 12.2 Å². The number of nitrogens with one attached hydrogen (secondary N) is 1. The molecule has 0 saturated heterocycles. The van der Waals surface area contributed by atoms with Gasteiger partial charge < -0.3 is 25.6 Å². The number of rotatable bonds is 9. The number of nitrogens with two attached hydrogens (primary N) is 1. The normalized spacial score (nSPS) is 13.8. The minimum Gasteiger partial charge on any atom is -0.493 e. The maximum absolute atomic E-state index is 8.88. The van der Waals surface area contributed by atoms with E-state index in [0.717, 1.165) is 18.4 Å². The second kappa shape index (κ2) is 8.79. The van der Waals surface area contributed by atoms with Crippen LogP contribution in [-0.2, 0) is 0 Å². The standard InChI is InChI=1S/C15H26N2O3/c1-11(6-5-9-18)17-13(10-16)12-7-4-8-14(19-2)15(12)20-3/h4,7-8,11,13,17-18H,5-6,9-10,16H2,1-3H3. The van der Waals surface area contributed by atoms with E-state index in [0.29, 0.717) is 18.0 Å². The summed E-state index contributed by atoms with van der Waals surface area (Å²) < 4.78 is 10.8. The van der Waals surface area contributed by atoms with Crippen LogP contribution in [0.2, 0.25) is 0 Å². The van der Waals surface area contributed by atoms with Crippen LogP contribution in [0.15, 0.2) is 18.2 Å². The van der Waals surface area contributed by atoms with Crippen LogP contribution in [0.4, 0.5) is 0 Å². The van der Waals surface area contributed by atoms with Crippen molar-refractivity contribution in [2.75, 3.05) is 27.4 Å². The molecule has 0 aliphatic rings. The maximum atomic E-state index is 8.88. The summed E-state index contributed by atoms with van der Waals surface area (Å²) in [5.41, 5.74) is 6.88. The van der Waals surface area contributed by atoms with Crippen molar-refractivity contribution < 1.29 is 14.6 Å². The number of para-hydroxylation sites is 1. The molecule has 1 aromatic carbocycles. The van der Waals surface area contributed by atoms with Gasteiger partial charge in [0.15, 0.2) is 11.5 Å². The summed E-state index contributed by atoms with van der Waals surface area (Å²) in [4.78, 5) is 0. The van der Waals surface area contributed by atoms with Gasteiger partial charge in [0.1, 0.15) is 0 Å². The van der Waals surface area contributed by atoms with E-state index < -0.39 is 0 Å². The first-order valence-electron chi connectivity index (χ1n) is 6.95. The van der Waals surface area contributed by atoms with E-state index in [1.54, 1.807) is 14.2 Å². The Kier molecular flexibility index (Phi) is 7.36. The molecule has 0 spiro atoms. The highest BCUT2D eigenvalue weighted by Crippen LogP contribution is 2.34. The Labute approximate surface area is 121 Å². The fourth-order valence-electron chi connectivity index (χ4n) is 2.30. The fourth-order valence-corrected chi connectivity index (χ4v) is 2.30. The molecule has 114 valence electrons. The summed E-state index contributed by atoms with van der Waals surface area (Å²) in [7, 11) is 3.25. The molecule has 20 heavy (non-hydrogen) atoms. The van der Waals surface area contributed by atoms with E-state index in [1.165, 1.54) is 0 Å². The van der Waals surface area contributed by atoms with Crippen molar-refractivity contribution in [1.29, 1.82) is 0 Å². The van der Waals surface area contributed by atoms with E-state index in [4.69, 9.17) is 20.3 Å². The zero-order valence-corrected chi connectivity index (χ0v) is 12.6. The monoisotopic (exact) mass is 282 g/mol. The third-order valence-corrected chi connectivity index (χ3v) is 3.33. The van der Waals surface area contributed by atoms with Crippen molar-refractivity contribution in [2.45, 2.75) is 31.8 Å². The molecule has 0 bridgehead atoms. The zero-order chi connectivity index (χ0) is 15.0. The number of ether oxygens (including phenoxy) is 2. The van der Waals surface area contributed by atoms with Crippen LogP contribution < -0.4 is 20.5 Å². The molecule has 1 rings (SSSR count). The van der Waals surface area contributed by atoms with Gasteiger partial charge in [-0.1, -0.05) is 12.1 Å². The number of methoxy groups -OCH3 is 2. The van der Waals surface area contributed by atoms with Crippen molar-refractivity contribution in [1.82, 2.24) is 5.32 Å². The molecule has 0 fully saturated rings. The minimum absolute atomic E-state index is 0.00579. The largest absolute Gasteiger partial charge is 0.493 e. The topological polar surface area (TPSA) is 76.7 Å². The molecule has 5 nitrogen and oxygen atoms in total. The molecular weight excluding hydrogens is 256 g/mol. The maximum Gasteiger partial charge on any atom is 0.165 e. The smallest absolute Gasteiger partial charge is 0.165 e. The summed E-state index contributed by atoms with van der Waals surface area (Å²) in [5.74, 6) is 1.42. The van der Waals surface area contributed by atoms with Gasteiger partial charge in [-0.15, -0.1) is 0 Å². The Bertz CT molecular complexity index is 399. The quantitative estimate of drug-likeness (QED) is 0.639. The number of aliphatic hydroxyl groups excluding tert-OH is 1. The Hall–Kier alpha value is -1.30. The number of hydrogen-bond donors (Lipinski definition) is 3. The number of benzene rings is 1. The van der Waals surface area contributed by atoms with Gasteiger partial charge in [-0.25, -0.2) is 0 Å². The molecule has 2 atom stereocenters. The molecule has 0 aliphatic carbocycles. The van der Waals surface area contributed by atoms with Gasteiger partial charge in [0.05, 0.1) is 14.2 Å².